The summed E-state index contributed by atoms with van der Waals surface area (Å²) in [5.41, 5.74) is 19.5. The van der Waals surface area contributed by atoms with Crippen LogP contribution in [0.3, 0.4) is 0 Å². The first-order valence-corrected chi connectivity index (χ1v) is 19.6. The molecule has 1 aliphatic carbocycles. The Morgan fingerprint density at radius 3 is 1.54 bits per heavy atom. The topological polar surface area (TPSA) is 17.8 Å². The molecule has 0 spiro atoms. The van der Waals surface area contributed by atoms with Crippen LogP contribution in [-0.2, 0) is 0 Å². The monoisotopic (exact) mass is 722 g/mol. The molecule has 12 rings (SSSR count). The molecule has 264 valence electrons. The van der Waals surface area contributed by atoms with Crippen molar-refractivity contribution in [3.05, 3.63) is 206 Å². The van der Waals surface area contributed by atoms with Gasteiger partial charge in [-0.1, -0.05) is 164 Å². The van der Waals surface area contributed by atoms with E-state index in [1.54, 1.807) is 0 Å². The van der Waals surface area contributed by atoms with E-state index in [9.17, 15) is 0 Å². The number of hydrogen-bond donors (Lipinski definition) is 0. The maximum atomic E-state index is 4.88. The number of fused-ring (bicyclic) bond motifs is 7. The number of rotatable bonds is 5. The van der Waals surface area contributed by atoms with Gasteiger partial charge in [-0.2, -0.15) is 0 Å². The standard InChI is InChI=1S/C55H34N2/c1-4-14-35(15-5-1)39-27-32-48-47(34-39)55-49(24-13-33-56-55)57(48)40-28-25-36(26-29-40)41-30-31-46-52-42(41)22-12-23-45(52)53-50(37-16-6-2-7-17-37)43-20-10-11-21-44(43)51(54(46)53)38-18-8-3-9-19-38/h1-34H. The zero-order valence-corrected chi connectivity index (χ0v) is 31.0. The van der Waals surface area contributed by atoms with Crippen LogP contribution in [-0.4, -0.2) is 9.55 Å². The molecule has 0 bridgehead atoms. The Kier molecular flexibility index (Phi) is 6.96. The minimum atomic E-state index is 1.01. The van der Waals surface area contributed by atoms with Crippen LogP contribution in [0.25, 0.3) is 116 Å². The van der Waals surface area contributed by atoms with Crippen LogP contribution >= 0.6 is 0 Å². The van der Waals surface area contributed by atoms with E-state index >= 15 is 0 Å². The Morgan fingerprint density at radius 2 is 0.877 bits per heavy atom. The van der Waals surface area contributed by atoms with E-state index < -0.39 is 0 Å². The Balaban J connectivity index is 1.05. The fourth-order valence-electron chi connectivity index (χ4n) is 9.58. The van der Waals surface area contributed by atoms with Crippen LogP contribution in [0.15, 0.2) is 206 Å². The molecule has 0 fully saturated rings. The van der Waals surface area contributed by atoms with Crippen LogP contribution < -0.4 is 0 Å². The van der Waals surface area contributed by atoms with Gasteiger partial charge >= 0.3 is 0 Å². The molecular formula is C55H34N2. The quantitative estimate of drug-likeness (QED) is 0.173. The van der Waals surface area contributed by atoms with Gasteiger partial charge in [0.15, 0.2) is 0 Å². The van der Waals surface area contributed by atoms with Gasteiger partial charge in [-0.25, -0.2) is 0 Å². The van der Waals surface area contributed by atoms with E-state index in [1.807, 2.05) is 12.3 Å². The van der Waals surface area contributed by atoms with Crippen molar-refractivity contribution < 1.29 is 0 Å². The van der Waals surface area contributed by atoms with Crippen LogP contribution in [0.4, 0.5) is 0 Å². The second kappa shape index (κ2) is 12.5. The highest BCUT2D eigenvalue weighted by Gasteiger charge is 2.31. The Hall–Kier alpha value is -7.55. The lowest BCUT2D eigenvalue weighted by molar-refractivity contribution is 1.18. The highest BCUT2D eigenvalue weighted by atomic mass is 15.0. The van der Waals surface area contributed by atoms with Gasteiger partial charge in [-0.05, 0) is 125 Å². The van der Waals surface area contributed by atoms with Crippen LogP contribution in [0.5, 0.6) is 0 Å². The third kappa shape index (κ3) is 4.74. The molecule has 2 heteroatoms. The minimum Gasteiger partial charge on any atom is -0.308 e. The molecule has 0 radical (unpaired) electrons. The van der Waals surface area contributed by atoms with E-state index in [1.165, 1.54) is 88.3 Å². The van der Waals surface area contributed by atoms with Crippen molar-refractivity contribution in [2.45, 2.75) is 0 Å². The largest absolute Gasteiger partial charge is 0.308 e. The summed E-state index contributed by atoms with van der Waals surface area (Å²) >= 11 is 0. The molecule has 0 saturated heterocycles. The fraction of sp³-hybridized carbons (Fsp3) is 0. The van der Waals surface area contributed by atoms with Gasteiger partial charge in [0, 0.05) is 17.3 Å². The van der Waals surface area contributed by atoms with E-state index in [4.69, 9.17) is 4.98 Å². The predicted molar refractivity (Wildman–Crippen MR) is 240 cm³/mol. The molecule has 0 amide bonds. The molecule has 0 aliphatic heterocycles. The third-order valence-corrected chi connectivity index (χ3v) is 12.0. The summed E-state index contributed by atoms with van der Waals surface area (Å²) in [5.74, 6) is 0. The first-order valence-electron chi connectivity index (χ1n) is 19.6. The number of aromatic nitrogens is 2. The van der Waals surface area contributed by atoms with Crippen LogP contribution in [0.2, 0.25) is 0 Å². The van der Waals surface area contributed by atoms with E-state index in [-0.39, 0.29) is 0 Å². The first kappa shape index (κ1) is 31.8. The maximum Gasteiger partial charge on any atom is 0.0963 e. The Labute approximate surface area is 330 Å². The lowest BCUT2D eigenvalue weighted by atomic mass is 9.82. The van der Waals surface area contributed by atoms with Crippen molar-refractivity contribution in [1.82, 2.24) is 9.55 Å². The molecule has 0 unspecified atom stereocenters. The van der Waals surface area contributed by atoms with Crippen molar-refractivity contribution in [2.24, 2.45) is 0 Å². The van der Waals surface area contributed by atoms with Crippen LogP contribution in [0, 0.1) is 0 Å². The maximum absolute atomic E-state index is 4.88. The molecule has 0 atom stereocenters. The number of pyridine rings is 1. The normalized spacial score (nSPS) is 11.9. The molecule has 57 heavy (non-hydrogen) atoms. The molecule has 2 heterocycles. The molecule has 2 nitrogen and oxygen atoms in total. The van der Waals surface area contributed by atoms with Gasteiger partial charge < -0.3 is 4.57 Å². The van der Waals surface area contributed by atoms with Crippen molar-refractivity contribution in [3.8, 4) is 72.4 Å². The smallest absolute Gasteiger partial charge is 0.0963 e. The van der Waals surface area contributed by atoms with Gasteiger partial charge in [0.05, 0.1) is 16.6 Å². The fourth-order valence-corrected chi connectivity index (χ4v) is 9.58. The Morgan fingerprint density at radius 1 is 0.316 bits per heavy atom. The molecule has 11 aromatic rings. The van der Waals surface area contributed by atoms with Gasteiger partial charge in [0.25, 0.3) is 0 Å². The summed E-state index contributed by atoms with van der Waals surface area (Å²) in [5, 5.41) is 6.30. The molecule has 0 saturated carbocycles. The third-order valence-electron chi connectivity index (χ3n) is 12.0. The average Bonchev–Trinajstić information content (AvgIpc) is 3.80. The van der Waals surface area contributed by atoms with Crippen molar-refractivity contribution >= 4 is 43.5 Å². The van der Waals surface area contributed by atoms with E-state index in [0.717, 1.165) is 27.6 Å². The number of benzene rings is 9. The molecule has 9 aromatic carbocycles. The summed E-state index contributed by atoms with van der Waals surface area (Å²) in [6.07, 6.45) is 1.90. The summed E-state index contributed by atoms with van der Waals surface area (Å²) < 4.78 is 2.35. The number of nitrogens with zero attached hydrogens (tertiary/aromatic N) is 2. The van der Waals surface area contributed by atoms with Gasteiger partial charge in [-0.3, -0.25) is 4.98 Å². The SMILES string of the molecule is c1ccc(-c2ccc3c(c2)c2ncccc2n3-c2ccc(-c3ccc4c5c(cccc35)-c3c-4c(-c4ccccc4)c4ccccc4c3-c3ccccc3)cc2)cc1. The van der Waals surface area contributed by atoms with Crippen molar-refractivity contribution in [2.75, 3.05) is 0 Å². The molecule has 0 N–H and O–H groups in total. The zero-order chi connectivity index (χ0) is 37.5. The number of hydrogen-bond acceptors (Lipinski definition) is 1. The second-order valence-electron chi connectivity index (χ2n) is 15.0. The van der Waals surface area contributed by atoms with E-state index in [2.05, 4.69) is 199 Å². The zero-order valence-electron chi connectivity index (χ0n) is 31.0. The summed E-state index contributed by atoms with van der Waals surface area (Å²) in [6.45, 7) is 0. The van der Waals surface area contributed by atoms with Gasteiger partial charge in [-0.15, -0.1) is 0 Å². The lowest BCUT2D eigenvalue weighted by Crippen LogP contribution is -1.94. The minimum absolute atomic E-state index is 1.01. The summed E-state index contributed by atoms with van der Waals surface area (Å²) in [4.78, 5) is 4.88. The highest BCUT2D eigenvalue weighted by molar-refractivity contribution is 6.28. The van der Waals surface area contributed by atoms with E-state index in [0.29, 0.717) is 0 Å². The molecular weight excluding hydrogens is 689 g/mol. The van der Waals surface area contributed by atoms with Crippen LogP contribution in [0.1, 0.15) is 0 Å². The highest BCUT2D eigenvalue weighted by Crippen LogP contribution is 2.58. The molecule has 2 aromatic heterocycles. The predicted octanol–water partition coefficient (Wildman–Crippen LogP) is 14.8. The summed E-state index contributed by atoms with van der Waals surface area (Å²) in [7, 11) is 0. The Bertz CT molecular complexity index is 3270. The summed E-state index contributed by atoms with van der Waals surface area (Å²) in [6, 6.07) is 73.1. The van der Waals surface area contributed by atoms with Crippen molar-refractivity contribution in [3.63, 3.8) is 0 Å². The lowest BCUT2D eigenvalue weighted by Gasteiger charge is -2.20. The molecule has 1 aliphatic rings. The van der Waals surface area contributed by atoms with Gasteiger partial charge in [0.2, 0.25) is 0 Å². The van der Waals surface area contributed by atoms with Crippen molar-refractivity contribution in [1.29, 1.82) is 0 Å². The average molecular weight is 723 g/mol. The first-order chi connectivity index (χ1) is 28.3. The van der Waals surface area contributed by atoms with Gasteiger partial charge in [0.1, 0.15) is 0 Å². The second-order valence-corrected chi connectivity index (χ2v) is 15.0.